The lowest BCUT2D eigenvalue weighted by molar-refractivity contribution is -0.391. The average molecular weight is 1450 g/mol. The van der Waals surface area contributed by atoms with E-state index in [2.05, 4.69) is 0 Å². The van der Waals surface area contributed by atoms with E-state index in [-0.39, 0.29) is 18.4 Å². The van der Waals surface area contributed by atoms with Crippen LogP contribution in [0, 0.1) is 0 Å². The van der Waals surface area contributed by atoms with Crippen LogP contribution in [0.5, 0.6) is 0 Å². The number of halogens is 8. The van der Waals surface area contributed by atoms with Gasteiger partial charge in [0, 0.05) is 0 Å². The number of aliphatic hydroxyl groups excluding tert-OH is 17. The molecule has 0 aromatic rings. The van der Waals surface area contributed by atoms with E-state index in [4.69, 9.17) is 164 Å². The van der Waals surface area contributed by atoms with Crippen molar-refractivity contribution in [1.29, 1.82) is 0 Å². The number of aliphatic hydroxyl groups is 17. The predicted molar refractivity (Wildman–Crippen MR) is 292 cm³/mol. The highest BCUT2D eigenvalue weighted by atomic mass is 35.5. The van der Waals surface area contributed by atoms with E-state index < -0.39 is 275 Å². The van der Waals surface area contributed by atoms with Crippen molar-refractivity contribution in [3.63, 3.8) is 0 Å². The Kier molecular flexibility index (Phi) is 28.1. The first-order chi connectivity index (χ1) is 41.8. The lowest BCUT2D eigenvalue weighted by atomic mass is 9.95. The van der Waals surface area contributed by atoms with Crippen LogP contribution in [0.25, 0.3) is 0 Å². The number of ether oxygens (including phenoxy) is 15. The summed E-state index contributed by atoms with van der Waals surface area (Å²) < 4.78 is 86.7. The summed E-state index contributed by atoms with van der Waals surface area (Å²) in [5, 5.41) is 188. The second kappa shape index (κ2) is 33.1. The lowest BCUT2D eigenvalue weighted by Crippen LogP contribution is -2.68. The van der Waals surface area contributed by atoms with E-state index in [0.29, 0.717) is 0 Å². The molecule has 0 aromatic carbocycles. The Morgan fingerprint density at radius 3 is 0.602 bits per heavy atom. The lowest BCUT2D eigenvalue weighted by Gasteiger charge is -2.50. The molecule has 39 unspecified atom stereocenters. The summed E-state index contributed by atoms with van der Waals surface area (Å²) >= 11 is 49.1. The van der Waals surface area contributed by atoms with Crippen molar-refractivity contribution in [2.24, 2.45) is 0 Å². The van der Waals surface area contributed by atoms with E-state index in [1.165, 1.54) is 0 Å². The number of hydrogen-bond acceptors (Lipinski definition) is 32. The SMILES string of the molecule is OC1COC(CCl)C(OC2OC(CCl)C(OC3OC(CCl)C(OC4OC(CCl)C(OC5OC(CCl)C(OC6OC(CCl)C(OC7OC(CCl)C(OC8OC(CCl)C(O)C(O)C8O)C(O)C7O)C(O)C6O)C(O)C5O)C(O)C4O)C(O)C3O)C(O)C2O)C1O. The molecule has 0 aromatic heterocycles. The number of hydrogen-bond donors (Lipinski definition) is 17. The summed E-state index contributed by atoms with van der Waals surface area (Å²) in [6, 6.07) is 0. The molecule has 0 bridgehead atoms. The van der Waals surface area contributed by atoms with Gasteiger partial charge in [-0.3, -0.25) is 0 Å². The van der Waals surface area contributed by atoms with Gasteiger partial charge in [0.25, 0.3) is 0 Å². The predicted octanol–water partition coefficient (Wildman–Crippen LogP) is -7.80. The third kappa shape index (κ3) is 15.8. The van der Waals surface area contributed by atoms with Crippen LogP contribution >= 0.6 is 92.8 Å². The van der Waals surface area contributed by atoms with Crippen molar-refractivity contribution in [2.75, 3.05) is 53.6 Å². The fourth-order valence-corrected chi connectivity index (χ4v) is 13.3. The summed E-state index contributed by atoms with van der Waals surface area (Å²) in [6.45, 7) is -0.263. The first-order valence-electron chi connectivity index (χ1n) is 27.7. The largest absolute Gasteiger partial charge is 0.388 e. The molecule has 0 saturated carbocycles. The molecular weight excluding hydrogens is 1370 g/mol. The van der Waals surface area contributed by atoms with Gasteiger partial charge in [0.2, 0.25) is 0 Å². The smallest absolute Gasteiger partial charge is 0.187 e. The maximum Gasteiger partial charge on any atom is 0.187 e. The van der Waals surface area contributed by atoms with Crippen LogP contribution in [0.3, 0.4) is 0 Å². The van der Waals surface area contributed by atoms with Crippen molar-refractivity contribution in [3.05, 3.63) is 0 Å². The molecule has 0 amide bonds. The number of alkyl halides is 8. The van der Waals surface area contributed by atoms with Gasteiger partial charge in [0.15, 0.2) is 44.0 Å². The minimum Gasteiger partial charge on any atom is -0.388 e. The van der Waals surface area contributed by atoms with Crippen LogP contribution in [0.4, 0.5) is 0 Å². The standard InChI is InChI=1S/C48H74Cl8O32/c49-1-11-20(59)21(60)28(67)42(75-11)83-36-13(3-51)77-44(30(69)23(36)62)85-38-15(5-53)79-46(32(71)25(38)64)87-40-17(7-55)81-48(34(73)27(40)66)88-41-18(8-56)80-47(33(72)26(41)65)86-39-16(6-54)78-45(31(70)24(39)63)84-37-14(4-52)76-43(29(68)22(37)61)82-35-12(2-50)74-9-10(57)19(35)58/h10-48,57-73H,1-9H2. The van der Waals surface area contributed by atoms with E-state index in [1.807, 2.05) is 0 Å². The molecule has 8 rings (SSSR count). The first-order valence-corrected chi connectivity index (χ1v) is 31.9. The van der Waals surface area contributed by atoms with Crippen LogP contribution in [-0.2, 0) is 71.1 Å². The Hall–Kier alpha value is 1.04. The average Bonchev–Trinajstić information content (AvgIpc) is 1.64. The van der Waals surface area contributed by atoms with Crippen LogP contribution in [0.15, 0.2) is 0 Å². The quantitative estimate of drug-likeness (QED) is 0.0448. The third-order valence-electron chi connectivity index (χ3n) is 16.3. The molecule has 40 heteroatoms. The van der Waals surface area contributed by atoms with Gasteiger partial charge >= 0.3 is 0 Å². The van der Waals surface area contributed by atoms with Crippen LogP contribution in [0.2, 0.25) is 0 Å². The second-order valence-corrected chi connectivity index (χ2v) is 24.5. The van der Waals surface area contributed by atoms with Gasteiger partial charge in [0.1, 0.15) is 195 Å². The molecule has 39 atom stereocenters. The molecule has 8 saturated heterocycles. The highest BCUT2D eigenvalue weighted by Crippen LogP contribution is 2.39. The zero-order chi connectivity index (χ0) is 64.5. The zero-order valence-corrected chi connectivity index (χ0v) is 51.7. The van der Waals surface area contributed by atoms with Crippen molar-refractivity contribution >= 4 is 92.8 Å². The summed E-state index contributed by atoms with van der Waals surface area (Å²) in [6.07, 6.45) is -67.1. The minimum atomic E-state index is -2.10. The molecule has 8 heterocycles. The van der Waals surface area contributed by atoms with Crippen molar-refractivity contribution in [2.45, 2.75) is 239 Å². The summed E-state index contributed by atoms with van der Waals surface area (Å²) in [7, 11) is 0. The van der Waals surface area contributed by atoms with Gasteiger partial charge in [-0.1, -0.05) is 0 Å². The highest BCUT2D eigenvalue weighted by molar-refractivity contribution is 6.19. The van der Waals surface area contributed by atoms with Crippen molar-refractivity contribution in [1.82, 2.24) is 0 Å². The van der Waals surface area contributed by atoms with Gasteiger partial charge in [-0.25, -0.2) is 0 Å². The molecule has 8 fully saturated rings. The Morgan fingerprint density at radius 2 is 0.398 bits per heavy atom. The second-order valence-electron chi connectivity index (χ2n) is 22.0. The molecule has 0 aliphatic carbocycles. The summed E-state index contributed by atoms with van der Waals surface area (Å²) in [5.41, 5.74) is 0. The van der Waals surface area contributed by atoms with Gasteiger partial charge < -0.3 is 158 Å². The van der Waals surface area contributed by atoms with Gasteiger partial charge in [-0.05, 0) is 0 Å². The normalized spacial score (nSPS) is 53.2. The maximum absolute atomic E-state index is 11.5. The van der Waals surface area contributed by atoms with Gasteiger partial charge in [-0.15, -0.1) is 92.8 Å². The van der Waals surface area contributed by atoms with Crippen LogP contribution < -0.4 is 0 Å². The Morgan fingerprint density at radius 1 is 0.216 bits per heavy atom. The van der Waals surface area contributed by atoms with Crippen molar-refractivity contribution in [3.8, 4) is 0 Å². The molecule has 0 spiro atoms. The van der Waals surface area contributed by atoms with E-state index >= 15 is 0 Å². The first kappa shape index (κ1) is 74.8. The third-order valence-corrected chi connectivity index (χ3v) is 18.8. The molecule has 8 aliphatic rings. The molecule has 8 aliphatic heterocycles. The topological polar surface area (TPSA) is 482 Å². The van der Waals surface area contributed by atoms with Crippen molar-refractivity contribution < 1.29 is 158 Å². The molecule has 514 valence electrons. The summed E-state index contributed by atoms with van der Waals surface area (Å²) in [4.78, 5) is 0. The Balaban J connectivity index is 0.850. The van der Waals surface area contributed by atoms with Crippen LogP contribution in [-0.4, -0.2) is 380 Å². The fourth-order valence-electron chi connectivity index (χ4n) is 11.3. The van der Waals surface area contributed by atoms with Gasteiger partial charge in [0.05, 0.1) is 53.6 Å². The van der Waals surface area contributed by atoms with Gasteiger partial charge in [-0.2, -0.15) is 0 Å². The molecule has 0 radical (unpaired) electrons. The molecule has 32 nitrogen and oxygen atoms in total. The monoisotopic (exact) mass is 1440 g/mol. The Labute approximate surface area is 540 Å². The highest BCUT2D eigenvalue weighted by Gasteiger charge is 2.59. The minimum absolute atomic E-state index is 0.194. The summed E-state index contributed by atoms with van der Waals surface area (Å²) in [5.74, 6) is -3.49. The molecular formula is C48H74Cl8O32. The van der Waals surface area contributed by atoms with E-state index in [9.17, 15) is 86.8 Å². The number of rotatable bonds is 22. The van der Waals surface area contributed by atoms with E-state index in [1.54, 1.807) is 0 Å². The van der Waals surface area contributed by atoms with Crippen LogP contribution in [0.1, 0.15) is 0 Å². The molecule has 88 heavy (non-hydrogen) atoms. The Bertz CT molecular complexity index is 2110. The van der Waals surface area contributed by atoms with E-state index in [0.717, 1.165) is 0 Å². The fraction of sp³-hybridized carbons (Fsp3) is 1.00. The molecule has 17 N–H and O–H groups in total. The zero-order valence-electron chi connectivity index (χ0n) is 45.6. The maximum atomic E-state index is 11.5.